The highest BCUT2D eigenvalue weighted by atomic mass is 16.5. The second-order valence-corrected chi connectivity index (χ2v) is 6.07. The summed E-state index contributed by atoms with van der Waals surface area (Å²) in [5.74, 6) is -1.32. The fourth-order valence-electron chi connectivity index (χ4n) is 3.78. The fraction of sp³-hybridized carbons (Fsp3) is 0.588. The zero-order chi connectivity index (χ0) is 17.2. The molecule has 0 aromatic carbocycles. The van der Waals surface area contributed by atoms with E-state index in [2.05, 4.69) is 18.8 Å². The number of methoxy groups -OCH3 is 1. The van der Waals surface area contributed by atoms with E-state index < -0.39 is 5.97 Å². The SMILES string of the molecule is CCC1(CC)C(OC)CC1N(C)C(=O)c1cc(C(=O)O)ccn1. The van der Waals surface area contributed by atoms with Gasteiger partial charge in [0.25, 0.3) is 5.91 Å². The maximum absolute atomic E-state index is 12.7. The number of carbonyl (C=O) groups excluding carboxylic acids is 1. The molecule has 0 saturated heterocycles. The van der Waals surface area contributed by atoms with Crippen LogP contribution in [0.15, 0.2) is 18.3 Å². The van der Waals surface area contributed by atoms with E-state index in [1.807, 2.05) is 0 Å². The average Bonchev–Trinajstić information content (AvgIpc) is 2.55. The lowest BCUT2D eigenvalue weighted by Crippen LogP contribution is -2.64. The number of amides is 1. The minimum Gasteiger partial charge on any atom is -0.478 e. The molecule has 6 nitrogen and oxygen atoms in total. The van der Waals surface area contributed by atoms with Crippen molar-refractivity contribution < 1.29 is 19.4 Å². The van der Waals surface area contributed by atoms with Crippen LogP contribution in [-0.4, -0.2) is 53.2 Å². The van der Waals surface area contributed by atoms with Crippen LogP contribution >= 0.6 is 0 Å². The minimum atomic E-state index is -1.07. The number of pyridine rings is 1. The Morgan fingerprint density at radius 1 is 1.43 bits per heavy atom. The van der Waals surface area contributed by atoms with Gasteiger partial charge in [0.1, 0.15) is 5.69 Å². The first kappa shape index (κ1) is 17.4. The first-order valence-electron chi connectivity index (χ1n) is 7.90. The van der Waals surface area contributed by atoms with Crippen LogP contribution in [0.1, 0.15) is 54.0 Å². The molecule has 1 heterocycles. The molecule has 0 aliphatic heterocycles. The second kappa shape index (κ2) is 6.66. The normalized spacial score (nSPS) is 22.3. The minimum absolute atomic E-state index is 0.0520. The lowest BCUT2D eigenvalue weighted by molar-refractivity contribution is -0.147. The molecule has 126 valence electrons. The van der Waals surface area contributed by atoms with Gasteiger partial charge in [0, 0.05) is 31.8 Å². The van der Waals surface area contributed by atoms with Crippen molar-refractivity contribution in [3.8, 4) is 0 Å². The van der Waals surface area contributed by atoms with Crippen molar-refractivity contribution in [3.05, 3.63) is 29.6 Å². The molecule has 1 aromatic heterocycles. The van der Waals surface area contributed by atoms with Crippen molar-refractivity contribution in [1.29, 1.82) is 0 Å². The molecule has 1 aromatic rings. The number of carboxylic acids is 1. The van der Waals surface area contributed by atoms with Gasteiger partial charge in [-0.25, -0.2) is 4.79 Å². The molecular weight excluding hydrogens is 296 g/mol. The molecular formula is C17H24N2O4. The average molecular weight is 320 g/mol. The third-order valence-electron chi connectivity index (χ3n) is 5.36. The Morgan fingerprint density at radius 3 is 2.61 bits per heavy atom. The van der Waals surface area contributed by atoms with Crippen LogP contribution in [-0.2, 0) is 4.74 Å². The molecule has 1 fully saturated rings. The van der Waals surface area contributed by atoms with E-state index >= 15 is 0 Å². The molecule has 23 heavy (non-hydrogen) atoms. The number of carbonyl (C=O) groups is 2. The number of hydrogen-bond donors (Lipinski definition) is 1. The summed E-state index contributed by atoms with van der Waals surface area (Å²) in [6.07, 6.45) is 4.14. The standard InChI is InChI=1S/C17H24N2O4/c1-5-17(6-2)13(10-14(17)23-4)19(3)15(20)12-9-11(16(21)22)7-8-18-12/h7-9,13-14H,5-6,10H2,1-4H3,(H,21,22). The highest BCUT2D eigenvalue weighted by Gasteiger charge is 2.55. The van der Waals surface area contributed by atoms with E-state index in [9.17, 15) is 9.59 Å². The van der Waals surface area contributed by atoms with Crippen LogP contribution in [0.4, 0.5) is 0 Å². The molecule has 2 atom stereocenters. The van der Waals surface area contributed by atoms with E-state index in [1.54, 1.807) is 19.1 Å². The Labute approximate surface area is 136 Å². The van der Waals surface area contributed by atoms with Gasteiger partial charge in [-0.15, -0.1) is 0 Å². The highest BCUT2D eigenvalue weighted by Crippen LogP contribution is 2.51. The lowest BCUT2D eigenvalue weighted by atomic mass is 9.58. The second-order valence-electron chi connectivity index (χ2n) is 6.07. The molecule has 1 aliphatic rings. The summed E-state index contributed by atoms with van der Waals surface area (Å²) in [7, 11) is 3.47. The summed E-state index contributed by atoms with van der Waals surface area (Å²) in [5, 5.41) is 9.05. The zero-order valence-electron chi connectivity index (χ0n) is 14.1. The van der Waals surface area contributed by atoms with E-state index in [-0.39, 0.29) is 34.7 Å². The summed E-state index contributed by atoms with van der Waals surface area (Å²) in [4.78, 5) is 29.5. The maximum atomic E-state index is 12.7. The van der Waals surface area contributed by atoms with Crippen molar-refractivity contribution in [2.75, 3.05) is 14.2 Å². The quantitative estimate of drug-likeness (QED) is 0.871. The number of hydrogen-bond acceptors (Lipinski definition) is 4. The Hall–Kier alpha value is -1.95. The maximum Gasteiger partial charge on any atom is 0.335 e. The molecule has 2 rings (SSSR count). The van der Waals surface area contributed by atoms with E-state index in [1.165, 1.54) is 18.3 Å². The van der Waals surface area contributed by atoms with Gasteiger partial charge in [-0.1, -0.05) is 13.8 Å². The lowest BCUT2D eigenvalue weighted by Gasteiger charge is -2.57. The van der Waals surface area contributed by atoms with Gasteiger partial charge in [-0.3, -0.25) is 9.78 Å². The predicted octanol–water partition coefficient (Wildman–Crippen LogP) is 2.45. The van der Waals surface area contributed by atoms with Crippen LogP contribution in [0.2, 0.25) is 0 Å². The smallest absolute Gasteiger partial charge is 0.335 e. The summed E-state index contributed by atoms with van der Waals surface area (Å²) in [5.41, 5.74) is 0.176. The van der Waals surface area contributed by atoms with Crippen molar-refractivity contribution in [2.45, 2.75) is 45.3 Å². The van der Waals surface area contributed by atoms with Crippen molar-refractivity contribution in [2.24, 2.45) is 5.41 Å². The number of aromatic carboxylic acids is 1. The number of rotatable bonds is 6. The number of carboxylic acid groups (broad SMARTS) is 1. The number of ether oxygens (including phenoxy) is 1. The molecule has 0 radical (unpaired) electrons. The monoisotopic (exact) mass is 320 g/mol. The molecule has 1 aliphatic carbocycles. The van der Waals surface area contributed by atoms with Crippen LogP contribution in [0.5, 0.6) is 0 Å². The number of nitrogens with zero attached hydrogens (tertiary/aromatic N) is 2. The van der Waals surface area contributed by atoms with Crippen LogP contribution in [0, 0.1) is 5.41 Å². The van der Waals surface area contributed by atoms with Gasteiger partial charge in [0.05, 0.1) is 11.7 Å². The molecule has 1 saturated carbocycles. The summed E-state index contributed by atoms with van der Waals surface area (Å²) < 4.78 is 5.57. The van der Waals surface area contributed by atoms with Gasteiger partial charge in [0.15, 0.2) is 0 Å². The summed E-state index contributed by atoms with van der Waals surface area (Å²) in [6.45, 7) is 4.23. The first-order valence-corrected chi connectivity index (χ1v) is 7.90. The van der Waals surface area contributed by atoms with E-state index in [0.717, 1.165) is 19.3 Å². The van der Waals surface area contributed by atoms with Crippen LogP contribution in [0.3, 0.4) is 0 Å². The predicted molar refractivity (Wildman–Crippen MR) is 85.5 cm³/mol. The topological polar surface area (TPSA) is 79.7 Å². The summed E-state index contributed by atoms with van der Waals surface area (Å²) in [6, 6.07) is 2.78. The van der Waals surface area contributed by atoms with Crippen molar-refractivity contribution in [1.82, 2.24) is 9.88 Å². The van der Waals surface area contributed by atoms with Gasteiger partial charge >= 0.3 is 5.97 Å². The van der Waals surface area contributed by atoms with Crippen molar-refractivity contribution >= 4 is 11.9 Å². The molecule has 0 bridgehead atoms. The van der Waals surface area contributed by atoms with Gasteiger partial charge in [0.2, 0.25) is 0 Å². The highest BCUT2D eigenvalue weighted by molar-refractivity contribution is 5.95. The molecule has 1 N–H and O–H groups in total. The fourth-order valence-corrected chi connectivity index (χ4v) is 3.78. The molecule has 0 spiro atoms. The van der Waals surface area contributed by atoms with Gasteiger partial charge < -0.3 is 14.7 Å². The van der Waals surface area contributed by atoms with Gasteiger partial charge in [-0.2, -0.15) is 0 Å². The van der Waals surface area contributed by atoms with E-state index in [0.29, 0.717) is 0 Å². The Morgan fingerprint density at radius 2 is 2.09 bits per heavy atom. The molecule has 2 unspecified atom stereocenters. The largest absolute Gasteiger partial charge is 0.478 e. The van der Waals surface area contributed by atoms with Crippen LogP contribution in [0.25, 0.3) is 0 Å². The van der Waals surface area contributed by atoms with Crippen molar-refractivity contribution in [3.63, 3.8) is 0 Å². The summed E-state index contributed by atoms with van der Waals surface area (Å²) >= 11 is 0. The number of aromatic nitrogens is 1. The third kappa shape index (κ3) is 2.83. The zero-order valence-corrected chi connectivity index (χ0v) is 14.1. The Balaban J connectivity index is 2.23. The Bertz CT molecular complexity index is 598. The van der Waals surface area contributed by atoms with E-state index in [4.69, 9.17) is 9.84 Å². The first-order chi connectivity index (χ1) is 10.9. The van der Waals surface area contributed by atoms with Gasteiger partial charge in [-0.05, 0) is 31.4 Å². The Kier molecular flexibility index (Phi) is 5.04. The molecule has 1 amide bonds. The third-order valence-corrected chi connectivity index (χ3v) is 5.36. The molecule has 6 heteroatoms. The van der Waals surface area contributed by atoms with Crippen LogP contribution < -0.4 is 0 Å².